The number of aryl methyl sites for hydroxylation is 1. The molecule has 0 unspecified atom stereocenters. The van der Waals surface area contributed by atoms with Crippen molar-refractivity contribution in [2.24, 2.45) is 0 Å². The molecule has 0 saturated carbocycles. The summed E-state index contributed by atoms with van der Waals surface area (Å²) in [5.74, 6) is 0.990. The average Bonchev–Trinajstić information content (AvgIpc) is 2.22. The van der Waals surface area contributed by atoms with Crippen molar-refractivity contribution in [2.45, 2.75) is 46.1 Å². The van der Waals surface area contributed by atoms with E-state index < -0.39 is 0 Å². The topological polar surface area (TPSA) is 24.9 Å². The molecule has 0 bridgehead atoms. The molecular weight excluding hydrogens is 252 g/mol. The number of halogens is 1. The monoisotopic (exact) mass is 270 g/mol. The highest BCUT2D eigenvalue weighted by Crippen LogP contribution is 2.24. The van der Waals surface area contributed by atoms with Crippen LogP contribution in [0.25, 0.3) is 0 Å². The number of nitrogens with one attached hydrogen (secondary N) is 1. The van der Waals surface area contributed by atoms with Crippen molar-refractivity contribution in [1.29, 1.82) is 0 Å². The third-order valence-corrected chi connectivity index (χ3v) is 3.46. The van der Waals surface area contributed by atoms with Crippen molar-refractivity contribution >= 4 is 21.7 Å². The molecule has 0 spiro atoms. The first-order chi connectivity index (χ1) is 7.00. The maximum atomic E-state index is 4.40. The zero-order valence-electron chi connectivity index (χ0n) is 9.89. The summed E-state index contributed by atoms with van der Waals surface area (Å²) >= 11 is 3.42. The Labute approximate surface area is 101 Å². The van der Waals surface area contributed by atoms with E-state index >= 15 is 0 Å². The third kappa shape index (κ3) is 3.20. The van der Waals surface area contributed by atoms with E-state index in [0.717, 1.165) is 23.1 Å². The molecule has 0 radical (unpaired) electrons. The minimum absolute atomic E-state index is 0.144. The maximum Gasteiger partial charge on any atom is 0.129 e. The fourth-order valence-corrected chi connectivity index (χ4v) is 1.83. The first kappa shape index (κ1) is 12.5. The Bertz CT molecular complexity index is 332. The molecule has 0 aliphatic heterocycles. The van der Waals surface area contributed by atoms with Gasteiger partial charge in [-0.05, 0) is 54.2 Å². The molecular formula is C12H19BrN2. The molecule has 15 heavy (non-hydrogen) atoms. The van der Waals surface area contributed by atoms with Crippen molar-refractivity contribution in [3.05, 3.63) is 22.3 Å². The van der Waals surface area contributed by atoms with E-state index in [0.29, 0.717) is 0 Å². The van der Waals surface area contributed by atoms with E-state index in [2.05, 4.69) is 60.0 Å². The van der Waals surface area contributed by atoms with Gasteiger partial charge in [-0.15, -0.1) is 0 Å². The Morgan fingerprint density at radius 3 is 2.47 bits per heavy atom. The van der Waals surface area contributed by atoms with Gasteiger partial charge in [-0.2, -0.15) is 0 Å². The molecule has 0 aliphatic carbocycles. The molecule has 0 atom stereocenters. The summed E-state index contributed by atoms with van der Waals surface area (Å²) in [6, 6.07) is 2.08. The molecule has 0 aliphatic rings. The summed E-state index contributed by atoms with van der Waals surface area (Å²) in [6.07, 6.45) is 4.03. The number of aromatic nitrogens is 1. The highest BCUT2D eigenvalue weighted by molar-refractivity contribution is 9.10. The van der Waals surface area contributed by atoms with Gasteiger partial charge >= 0.3 is 0 Å². The Hall–Kier alpha value is -0.570. The van der Waals surface area contributed by atoms with Crippen LogP contribution in [-0.2, 0) is 0 Å². The number of pyridine rings is 1. The van der Waals surface area contributed by atoms with Gasteiger partial charge in [-0.1, -0.05) is 13.8 Å². The quantitative estimate of drug-likeness (QED) is 0.890. The van der Waals surface area contributed by atoms with Crippen LogP contribution in [0.4, 0.5) is 5.82 Å². The van der Waals surface area contributed by atoms with Gasteiger partial charge < -0.3 is 5.32 Å². The minimum Gasteiger partial charge on any atom is -0.365 e. The summed E-state index contributed by atoms with van der Waals surface area (Å²) in [4.78, 5) is 4.40. The van der Waals surface area contributed by atoms with Gasteiger partial charge in [0.1, 0.15) is 5.82 Å². The van der Waals surface area contributed by atoms with Gasteiger partial charge in [0.15, 0.2) is 0 Å². The Balaban J connectivity index is 2.89. The van der Waals surface area contributed by atoms with E-state index in [1.807, 2.05) is 6.20 Å². The number of hydrogen-bond acceptors (Lipinski definition) is 2. The van der Waals surface area contributed by atoms with Crippen LogP contribution in [0.15, 0.2) is 16.7 Å². The van der Waals surface area contributed by atoms with E-state index in [1.54, 1.807) is 0 Å². The lowest BCUT2D eigenvalue weighted by Gasteiger charge is -2.29. The molecule has 2 nitrogen and oxygen atoms in total. The van der Waals surface area contributed by atoms with Crippen molar-refractivity contribution in [3.63, 3.8) is 0 Å². The number of rotatable bonds is 4. The molecule has 3 heteroatoms. The molecule has 0 amide bonds. The lowest BCUT2D eigenvalue weighted by molar-refractivity contribution is 0.476. The predicted molar refractivity (Wildman–Crippen MR) is 69.3 cm³/mol. The van der Waals surface area contributed by atoms with Crippen LogP contribution in [0.2, 0.25) is 0 Å². The van der Waals surface area contributed by atoms with Crippen LogP contribution < -0.4 is 5.32 Å². The first-order valence-electron chi connectivity index (χ1n) is 5.41. The van der Waals surface area contributed by atoms with Gasteiger partial charge in [0.25, 0.3) is 0 Å². The molecule has 1 heterocycles. The van der Waals surface area contributed by atoms with Crippen molar-refractivity contribution in [2.75, 3.05) is 5.32 Å². The second kappa shape index (κ2) is 4.97. The van der Waals surface area contributed by atoms with Gasteiger partial charge in [0.05, 0.1) is 0 Å². The molecule has 1 aromatic rings. The minimum atomic E-state index is 0.144. The molecule has 1 rings (SSSR count). The number of anilines is 1. The summed E-state index contributed by atoms with van der Waals surface area (Å²) in [5.41, 5.74) is 1.32. The second-order valence-electron chi connectivity index (χ2n) is 4.21. The molecule has 1 aromatic heterocycles. The second-order valence-corrected chi connectivity index (χ2v) is 5.13. The van der Waals surface area contributed by atoms with Crippen LogP contribution >= 0.6 is 15.9 Å². The fourth-order valence-electron chi connectivity index (χ4n) is 1.38. The summed E-state index contributed by atoms with van der Waals surface area (Å²) in [7, 11) is 0. The normalized spacial score (nSPS) is 11.5. The van der Waals surface area contributed by atoms with Gasteiger partial charge in [0.2, 0.25) is 0 Å². The Kier molecular flexibility index (Phi) is 4.14. The lowest BCUT2D eigenvalue weighted by atomic mass is 9.95. The van der Waals surface area contributed by atoms with E-state index in [-0.39, 0.29) is 5.54 Å². The molecule has 0 fully saturated rings. The van der Waals surface area contributed by atoms with Crippen LogP contribution in [-0.4, -0.2) is 10.5 Å². The van der Waals surface area contributed by atoms with Crippen LogP contribution in [0.5, 0.6) is 0 Å². The first-order valence-corrected chi connectivity index (χ1v) is 6.20. The van der Waals surface area contributed by atoms with E-state index in [4.69, 9.17) is 0 Å². The van der Waals surface area contributed by atoms with Gasteiger partial charge in [0, 0.05) is 16.2 Å². The summed E-state index contributed by atoms with van der Waals surface area (Å²) < 4.78 is 1.03. The number of nitrogens with zero attached hydrogens (tertiary/aromatic N) is 1. The smallest absolute Gasteiger partial charge is 0.129 e. The standard InChI is InChI=1S/C12H19BrN2/c1-5-12(4,6-2)15-11-9(3)7-10(13)8-14-11/h7-8H,5-6H2,1-4H3,(H,14,15). The lowest BCUT2D eigenvalue weighted by Crippen LogP contribution is -2.33. The Morgan fingerprint density at radius 1 is 1.40 bits per heavy atom. The zero-order valence-corrected chi connectivity index (χ0v) is 11.5. The molecule has 0 aromatic carbocycles. The average molecular weight is 271 g/mol. The highest BCUT2D eigenvalue weighted by Gasteiger charge is 2.20. The maximum absolute atomic E-state index is 4.40. The molecule has 84 valence electrons. The largest absolute Gasteiger partial charge is 0.365 e. The van der Waals surface area contributed by atoms with Crippen LogP contribution in [0.1, 0.15) is 39.2 Å². The third-order valence-electron chi connectivity index (χ3n) is 3.03. The molecule has 1 N–H and O–H groups in total. The SMILES string of the molecule is CCC(C)(CC)Nc1ncc(Br)cc1C. The van der Waals surface area contributed by atoms with E-state index in [1.165, 1.54) is 5.56 Å². The zero-order chi connectivity index (χ0) is 11.5. The van der Waals surface area contributed by atoms with Gasteiger partial charge in [-0.25, -0.2) is 4.98 Å². The van der Waals surface area contributed by atoms with E-state index in [9.17, 15) is 0 Å². The van der Waals surface area contributed by atoms with Crippen molar-refractivity contribution < 1.29 is 0 Å². The number of hydrogen-bond donors (Lipinski definition) is 1. The molecule has 0 saturated heterocycles. The summed E-state index contributed by atoms with van der Waals surface area (Å²) in [5, 5.41) is 3.52. The Morgan fingerprint density at radius 2 is 2.00 bits per heavy atom. The highest BCUT2D eigenvalue weighted by atomic mass is 79.9. The van der Waals surface area contributed by atoms with Crippen molar-refractivity contribution in [1.82, 2.24) is 4.98 Å². The predicted octanol–water partition coefficient (Wildman–Crippen LogP) is 4.14. The van der Waals surface area contributed by atoms with Crippen molar-refractivity contribution in [3.8, 4) is 0 Å². The fraction of sp³-hybridized carbons (Fsp3) is 0.583. The van der Waals surface area contributed by atoms with Crippen LogP contribution in [0, 0.1) is 6.92 Å². The van der Waals surface area contributed by atoms with Crippen LogP contribution in [0.3, 0.4) is 0 Å². The van der Waals surface area contributed by atoms with Gasteiger partial charge in [-0.3, -0.25) is 0 Å². The summed E-state index contributed by atoms with van der Waals surface area (Å²) in [6.45, 7) is 8.71.